The van der Waals surface area contributed by atoms with Crippen LogP contribution in [0.2, 0.25) is 0 Å². The molecule has 146 valence electrons. The number of fused-ring (bicyclic) bond motifs is 2. The zero-order valence-corrected chi connectivity index (χ0v) is 16.0. The molecule has 0 spiro atoms. The molecule has 0 radical (unpaired) electrons. The quantitative estimate of drug-likeness (QED) is 0.652. The van der Waals surface area contributed by atoms with Crippen LogP contribution in [0.15, 0.2) is 39.5 Å². The Labute approximate surface area is 161 Å². The minimum atomic E-state index is -0.227. The topological polar surface area (TPSA) is 79.2 Å². The highest BCUT2D eigenvalue weighted by atomic mass is 16.7. The van der Waals surface area contributed by atoms with Crippen LogP contribution in [0.4, 0.5) is 5.69 Å². The molecule has 4 rings (SSSR count). The molecule has 2 heterocycles. The number of benzene rings is 2. The van der Waals surface area contributed by atoms with Gasteiger partial charge in [0.25, 0.3) is 0 Å². The first-order valence-electron chi connectivity index (χ1n) is 8.90. The van der Waals surface area contributed by atoms with Gasteiger partial charge in [0.15, 0.2) is 22.8 Å². The van der Waals surface area contributed by atoms with E-state index in [1.54, 1.807) is 25.3 Å². The molecule has 0 amide bonds. The van der Waals surface area contributed by atoms with E-state index >= 15 is 0 Å². The predicted octanol–water partition coefficient (Wildman–Crippen LogP) is 3.56. The second-order valence-corrected chi connectivity index (χ2v) is 6.47. The van der Waals surface area contributed by atoms with Crippen molar-refractivity contribution in [2.75, 3.05) is 39.5 Å². The van der Waals surface area contributed by atoms with Crippen molar-refractivity contribution in [3.05, 3.63) is 46.1 Å². The summed E-state index contributed by atoms with van der Waals surface area (Å²) in [5.41, 5.74) is 2.59. The number of ether oxygens (including phenoxy) is 4. The smallest absolute Gasteiger partial charge is 0.235 e. The third kappa shape index (κ3) is 3.14. The lowest BCUT2D eigenvalue weighted by atomic mass is 10.1. The number of nitrogens with one attached hydrogen (secondary N) is 1. The average Bonchev–Trinajstić information content (AvgIpc) is 3.16. The van der Waals surface area contributed by atoms with Crippen molar-refractivity contribution >= 4 is 16.7 Å². The fourth-order valence-corrected chi connectivity index (χ4v) is 3.26. The van der Waals surface area contributed by atoms with E-state index in [0.717, 1.165) is 11.3 Å². The molecule has 0 aliphatic carbocycles. The fourth-order valence-electron chi connectivity index (χ4n) is 3.26. The summed E-state index contributed by atoms with van der Waals surface area (Å²) >= 11 is 0. The first kappa shape index (κ1) is 18.2. The standard InChI is InChI=1S/C21H21NO6/c1-12-8-14-18(23)21(25-3)19(13-4-5-16-17(10-13)27-11-26-16)28-20(14)15(9-12)22-6-7-24-2/h4-5,8-10,22H,6-7,11H2,1-3H3. The molecule has 0 fully saturated rings. The van der Waals surface area contributed by atoms with Gasteiger partial charge in [-0.05, 0) is 42.8 Å². The van der Waals surface area contributed by atoms with Crippen LogP contribution in [0.5, 0.6) is 17.2 Å². The van der Waals surface area contributed by atoms with Gasteiger partial charge >= 0.3 is 0 Å². The highest BCUT2D eigenvalue weighted by molar-refractivity contribution is 5.92. The number of anilines is 1. The van der Waals surface area contributed by atoms with Gasteiger partial charge in [-0.3, -0.25) is 4.79 Å². The summed E-state index contributed by atoms with van der Waals surface area (Å²) in [6.45, 7) is 3.22. The Morgan fingerprint density at radius 3 is 2.71 bits per heavy atom. The predicted molar refractivity (Wildman–Crippen MR) is 106 cm³/mol. The Morgan fingerprint density at radius 1 is 1.11 bits per heavy atom. The van der Waals surface area contributed by atoms with Crippen molar-refractivity contribution in [1.82, 2.24) is 0 Å². The lowest BCUT2D eigenvalue weighted by molar-refractivity contribution is 0.174. The summed E-state index contributed by atoms with van der Waals surface area (Å²) in [5, 5.41) is 3.73. The largest absolute Gasteiger partial charge is 0.490 e. The van der Waals surface area contributed by atoms with Crippen LogP contribution < -0.4 is 25.0 Å². The molecule has 0 bridgehead atoms. The van der Waals surface area contributed by atoms with E-state index < -0.39 is 0 Å². The van der Waals surface area contributed by atoms with Crippen molar-refractivity contribution < 1.29 is 23.4 Å². The number of aryl methyl sites for hydroxylation is 1. The Hall–Kier alpha value is -3.19. The van der Waals surface area contributed by atoms with Gasteiger partial charge in [-0.25, -0.2) is 0 Å². The summed E-state index contributed by atoms with van der Waals surface area (Å²) in [7, 11) is 3.10. The van der Waals surface area contributed by atoms with E-state index in [1.165, 1.54) is 7.11 Å². The first-order chi connectivity index (χ1) is 13.6. The molecule has 7 heteroatoms. The molecular formula is C21H21NO6. The highest BCUT2D eigenvalue weighted by Crippen LogP contribution is 2.39. The molecule has 3 aromatic rings. The zero-order valence-electron chi connectivity index (χ0n) is 16.0. The van der Waals surface area contributed by atoms with Gasteiger partial charge in [-0.1, -0.05) is 0 Å². The second-order valence-electron chi connectivity index (χ2n) is 6.47. The minimum absolute atomic E-state index is 0.153. The first-order valence-corrected chi connectivity index (χ1v) is 8.90. The Balaban J connectivity index is 1.92. The molecule has 0 unspecified atom stereocenters. The molecule has 1 N–H and O–H groups in total. The van der Waals surface area contributed by atoms with Gasteiger partial charge in [-0.2, -0.15) is 0 Å². The molecule has 1 aliphatic heterocycles. The lowest BCUT2D eigenvalue weighted by Gasteiger charge is -2.14. The van der Waals surface area contributed by atoms with Gasteiger partial charge in [0.2, 0.25) is 18.0 Å². The fraction of sp³-hybridized carbons (Fsp3) is 0.286. The van der Waals surface area contributed by atoms with Crippen LogP contribution in [0.1, 0.15) is 5.56 Å². The summed E-state index contributed by atoms with van der Waals surface area (Å²) in [6.07, 6.45) is 0. The van der Waals surface area contributed by atoms with Crippen molar-refractivity contribution in [3.63, 3.8) is 0 Å². The Bertz CT molecular complexity index is 1090. The van der Waals surface area contributed by atoms with Gasteiger partial charge in [0.05, 0.1) is 24.8 Å². The van der Waals surface area contributed by atoms with Crippen LogP contribution >= 0.6 is 0 Å². The van der Waals surface area contributed by atoms with E-state index in [2.05, 4.69) is 5.32 Å². The maximum atomic E-state index is 13.1. The van der Waals surface area contributed by atoms with Gasteiger partial charge in [0.1, 0.15) is 0 Å². The van der Waals surface area contributed by atoms with Crippen LogP contribution in [0, 0.1) is 6.92 Å². The van der Waals surface area contributed by atoms with Crippen molar-refractivity contribution in [1.29, 1.82) is 0 Å². The van der Waals surface area contributed by atoms with E-state index in [0.29, 0.717) is 46.9 Å². The van der Waals surface area contributed by atoms with Gasteiger partial charge < -0.3 is 28.7 Å². The molecule has 1 aliphatic rings. The summed E-state index contributed by atoms with van der Waals surface area (Å²) in [5.74, 6) is 1.75. The number of hydrogen-bond acceptors (Lipinski definition) is 7. The van der Waals surface area contributed by atoms with Crippen LogP contribution in [-0.2, 0) is 4.74 Å². The van der Waals surface area contributed by atoms with Crippen molar-refractivity contribution in [2.24, 2.45) is 0 Å². The maximum absolute atomic E-state index is 13.1. The van der Waals surface area contributed by atoms with E-state index in [-0.39, 0.29) is 18.0 Å². The van der Waals surface area contributed by atoms with Gasteiger partial charge in [0, 0.05) is 19.2 Å². The lowest BCUT2D eigenvalue weighted by Crippen LogP contribution is -2.11. The summed E-state index contributed by atoms with van der Waals surface area (Å²) < 4.78 is 27.5. The molecule has 0 atom stereocenters. The normalized spacial score (nSPS) is 12.4. The van der Waals surface area contributed by atoms with Crippen molar-refractivity contribution in [2.45, 2.75) is 6.92 Å². The van der Waals surface area contributed by atoms with E-state index in [9.17, 15) is 4.79 Å². The van der Waals surface area contributed by atoms with E-state index in [1.807, 2.05) is 19.1 Å². The van der Waals surface area contributed by atoms with Crippen molar-refractivity contribution in [3.8, 4) is 28.6 Å². The summed E-state index contributed by atoms with van der Waals surface area (Å²) in [6, 6.07) is 9.12. The molecule has 7 nitrogen and oxygen atoms in total. The monoisotopic (exact) mass is 383 g/mol. The van der Waals surface area contributed by atoms with Crippen LogP contribution in [0.3, 0.4) is 0 Å². The molecule has 28 heavy (non-hydrogen) atoms. The molecule has 0 saturated carbocycles. The Morgan fingerprint density at radius 2 is 1.93 bits per heavy atom. The minimum Gasteiger partial charge on any atom is -0.490 e. The second kappa shape index (κ2) is 7.44. The third-order valence-corrected chi connectivity index (χ3v) is 4.55. The molecular weight excluding hydrogens is 362 g/mol. The summed E-state index contributed by atoms with van der Waals surface area (Å²) in [4.78, 5) is 13.1. The van der Waals surface area contributed by atoms with Gasteiger partial charge in [-0.15, -0.1) is 0 Å². The zero-order chi connectivity index (χ0) is 19.7. The Kier molecular flexibility index (Phi) is 4.83. The molecule has 0 saturated heterocycles. The number of methoxy groups -OCH3 is 2. The van der Waals surface area contributed by atoms with Crippen LogP contribution in [0.25, 0.3) is 22.3 Å². The highest BCUT2D eigenvalue weighted by Gasteiger charge is 2.22. The SMILES string of the molecule is COCCNc1cc(C)cc2c(=O)c(OC)c(-c3ccc4c(c3)OCO4)oc12. The average molecular weight is 383 g/mol. The van der Waals surface area contributed by atoms with E-state index in [4.69, 9.17) is 23.4 Å². The maximum Gasteiger partial charge on any atom is 0.235 e. The third-order valence-electron chi connectivity index (χ3n) is 4.55. The molecule has 1 aromatic heterocycles. The number of hydrogen-bond donors (Lipinski definition) is 1. The van der Waals surface area contributed by atoms with Crippen LogP contribution in [-0.4, -0.2) is 34.2 Å². The number of rotatable bonds is 6. The molecule has 2 aromatic carbocycles.